The SMILES string of the molecule is CC(O)CN(C)C(=O)NCCc1ccccc1F. The van der Waals surface area contributed by atoms with Gasteiger partial charge in [-0.3, -0.25) is 0 Å². The number of aliphatic hydroxyl groups excluding tert-OH is 1. The molecule has 1 aromatic rings. The van der Waals surface area contributed by atoms with Crippen LogP contribution in [0.3, 0.4) is 0 Å². The zero-order chi connectivity index (χ0) is 13.5. The van der Waals surface area contributed by atoms with E-state index in [0.29, 0.717) is 18.5 Å². The van der Waals surface area contributed by atoms with Crippen molar-refractivity contribution >= 4 is 6.03 Å². The van der Waals surface area contributed by atoms with E-state index in [9.17, 15) is 9.18 Å². The molecule has 1 aromatic carbocycles. The molecule has 0 aliphatic carbocycles. The van der Waals surface area contributed by atoms with Crippen molar-refractivity contribution in [2.45, 2.75) is 19.4 Å². The van der Waals surface area contributed by atoms with Gasteiger partial charge < -0.3 is 15.3 Å². The molecule has 0 aliphatic rings. The lowest BCUT2D eigenvalue weighted by molar-refractivity contribution is 0.144. The highest BCUT2D eigenvalue weighted by Gasteiger charge is 2.10. The summed E-state index contributed by atoms with van der Waals surface area (Å²) >= 11 is 0. The minimum Gasteiger partial charge on any atom is -0.392 e. The van der Waals surface area contributed by atoms with Crippen LogP contribution in [0.25, 0.3) is 0 Å². The molecule has 0 heterocycles. The van der Waals surface area contributed by atoms with Crippen molar-refractivity contribution in [3.8, 4) is 0 Å². The molecule has 0 aromatic heterocycles. The van der Waals surface area contributed by atoms with E-state index in [1.54, 1.807) is 32.2 Å². The van der Waals surface area contributed by atoms with E-state index in [0.717, 1.165) is 0 Å². The first-order chi connectivity index (χ1) is 8.50. The number of nitrogens with zero attached hydrogens (tertiary/aromatic N) is 1. The Balaban J connectivity index is 2.34. The number of halogens is 1. The van der Waals surface area contributed by atoms with E-state index < -0.39 is 6.10 Å². The number of aliphatic hydroxyl groups is 1. The van der Waals surface area contributed by atoms with Gasteiger partial charge in [-0.05, 0) is 25.0 Å². The summed E-state index contributed by atoms with van der Waals surface area (Å²) < 4.78 is 13.3. The Bertz CT molecular complexity index is 396. The van der Waals surface area contributed by atoms with Crippen molar-refractivity contribution in [1.29, 1.82) is 0 Å². The van der Waals surface area contributed by atoms with Crippen molar-refractivity contribution in [2.24, 2.45) is 0 Å². The fourth-order valence-electron chi connectivity index (χ4n) is 1.62. The molecule has 4 nitrogen and oxygen atoms in total. The zero-order valence-electron chi connectivity index (χ0n) is 10.7. The summed E-state index contributed by atoms with van der Waals surface area (Å²) in [5.74, 6) is -0.260. The first-order valence-electron chi connectivity index (χ1n) is 5.91. The molecule has 0 saturated carbocycles. The third-order valence-corrected chi connectivity index (χ3v) is 2.51. The van der Waals surface area contributed by atoms with Crippen LogP contribution in [0, 0.1) is 5.82 Å². The molecule has 1 atom stereocenters. The van der Waals surface area contributed by atoms with Crippen LogP contribution in [0.2, 0.25) is 0 Å². The highest BCUT2D eigenvalue weighted by Crippen LogP contribution is 2.06. The lowest BCUT2D eigenvalue weighted by Crippen LogP contribution is -2.41. The molecule has 0 radical (unpaired) electrons. The highest BCUT2D eigenvalue weighted by molar-refractivity contribution is 5.73. The number of rotatable bonds is 5. The minimum absolute atomic E-state index is 0.260. The highest BCUT2D eigenvalue weighted by atomic mass is 19.1. The number of amides is 2. The van der Waals surface area contributed by atoms with Gasteiger partial charge in [0.25, 0.3) is 0 Å². The van der Waals surface area contributed by atoms with Gasteiger partial charge in [-0.1, -0.05) is 18.2 Å². The lowest BCUT2D eigenvalue weighted by atomic mass is 10.1. The molecular formula is C13H19FN2O2. The molecule has 0 saturated heterocycles. The number of hydrogen-bond acceptors (Lipinski definition) is 2. The average Bonchev–Trinajstić information content (AvgIpc) is 2.30. The van der Waals surface area contributed by atoms with Crippen LogP contribution in [0.15, 0.2) is 24.3 Å². The monoisotopic (exact) mass is 254 g/mol. The van der Waals surface area contributed by atoms with Gasteiger partial charge in [-0.2, -0.15) is 0 Å². The summed E-state index contributed by atoms with van der Waals surface area (Å²) in [7, 11) is 1.60. The van der Waals surface area contributed by atoms with Crippen LogP contribution < -0.4 is 5.32 Å². The van der Waals surface area contributed by atoms with E-state index in [1.165, 1.54) is 11.0 Å². The van der Waals surface area contributed by atoms with Crippen molar-refractivity contribution in [2.75, 3.05) is 20.1 Å². The Hall–Kier alpha value is -1.62. The van der Waals surface area contributed by atoms with E-state index >= 15 is 0 Å². The third kappa shape index (κ3) is 4.71. The maximum absolute atomic E-state index is 13.3. The largest absolute Gasteiger partial charge is 0.392 e. The Kier molecular flexibility index (Phi) is 5.58. The number of nitrogens with one attached hydrogen (secondary N) is 1. The molecule has 100 valence electrons. The Morgan fingerprint density at radius 2 is 2.17 bits per heavy atom. The van der Waals surface area contributed by atoms with Crippen molar-refractivity contribution in [3.63, 3.8) is 0 Å². The van der Waals surface area contributed by atoms with Crippen LogP contribution >= 0.6 is 0 Å². The topological polar surface area (TPSA) is 52.6 Å². The normalized spacial score (nSPS) is 12.0. The van der Waals surface area contributed by atoms with Crippen molar-refractivity contribution in [1.82, 2.24) is 10.2 Å². The molecule has 0 spiro atoms. The molecule has 18 heavy (non-hydrogen) atoms. The average molecular weight is 254 g/mol. The van der Waals surface area contributed by atoms with Gasteiger partial charge in [-0.25, -0.2) is 9.18 Å². The van der Waals surface area contributed by atoms with E-state index in [-0.39, 0.29) is 18.4 Å². The first kappa shape index (κ1) is 14.4. The summed E-state index contributed by atoms with van der Waals surface area (Å²) in [4.78, 5) is 13.0. The molecule has 1 rings (SSSR count). The van der Waals surface area contributed by atoms with Crippen LogP contribution in [0.5, 0.6) is 0 Å². The van der Waals surface area contributed by atoms with Crippen LogP contribution in [-0.4, -0.2) is 42.3 Å². The van der Waals surface area contributed by atoms with Gasteiger partial charge in [0.05, 0.1) is 6.10 Å². The van der Waals surface area contributed by atoms with Crippen LogP contribution in [-0.2, 0) is 6.42 Å². The Labute approximate surface area is 106 Å². The Morgan fingerprint density at radius 1 is 1.50 bits per heavy atom. The molecule has 5 heteroatoms. The van der Waals surface area contributed by atoms with Gasteiger partial charge >= 0.3 is 6.03 Å². The quantitative estimate of drug-likeness (QED) is 0.834. The maximum Gasteiger partial charge on any atom is 0.317 e. The fourth-order valence-corrected chi connectivity index (χ4v) is 1.62. The number of urea groups is 1. The fraction of sp³-hybridized carbons (Fsp3) is 0.462. The van der Waals surface area contributed by atoms with Crippen molar-refractivity contribution < 1.29 is 14.3 Å². The third-order valence-electron chi connectivity index (χ3n) is 2.51. The summed E-state index contributed by atoms with van der Waals surface area (Å²) in [5, 5.41) is 11.8. The first-order valence-corrected chi connectivity index (χ1v) is 5.91. The number of carbonyl (C=O) groups excluding carboxylic acids is 1. The van der Waals surface area contributed by atoms with Gasteiger partial charge in [0.2, 0.25) is 0 Å². The number of benzene rings is 1. The summed E-state index contributed by atoms with van der Waals surface area (Å²) in [6.07, 6.45) is -0.117. The van der Waals surface area contributed by atoms with E-state index in [4.69, 9.17) is 5.11 Å². The number of carbonyl (C=O) groups is 1. The van der Waals surface area contributed by atoms with Crippen LogP contribution in [0.4, 0.5) is 9.18 Å². The number of likely N-dealkylation sites (N-methyl/N-ethyl adjacent to an activating group) is 1. The summed E-state index contributed by atoms with van der Waals surface area (Å²) in [6, 6.07) is 6.22. The van der Waals surface area contributed by atoms with E-state index in [2.05, 4.69) is 5.32 Å². The molecule has 0 aliphatic heterocycles. The molecular weight excluding hydrogens is 235 g/mol. The number of hydrogen-bond donors (Lipinski definition) is 2. The Morgan fingerprint density at radius 3 is 2.78 bits per heavy atom. The van der Waals surface area contributed by atoms with Crippen LogP contribution in [0.1, 0.15) is 12.5 Å². The predicted molar refractivity (Wildman–Crippen MR) is 67.8 cm³/mol. The molecule has 1 unspecified atom stereocenters. The van der Waals surface area contributed by atoms with E-state index in [1.807, 2.05) is 0 Å². The lowest BCUT2D eigenvalue weighted by Gasteiger charge is -2.19. The zero-order valence-corrected chi connectivity index (χ0v) is 10.7. The van der Waals surface area contributed by atoms with Crippen molar-refractivity contribution in [3.05, 3.63) is 35.6 Å². The summed E-state index contributed by atoms with van der Waals surface area (Å²) in [6.45, 7) is 2.25. The second-order valence-corrected chi connectivity index (χ2v) is 4.30. The standard InChI is InChI=1S/C13H19FN2O2/c1-10(17)9-16(2)13(18)15-8-7-11-5-3-4-6-12(11)14/h3-6,10,17H,7-9H2,1-2H3,(H,15,18). The second kappa shape index (κ2) is 6.96. The smallest absolute Gasteiger partial charge is 0.317 e. The summed E-state index contributed by atoms with van der Waals surface area (Å²) in [5.41, 5.74) is 0.580. The van der Waals surface area contributed by atoms with Gasteiger partial charge in [0.1, 0.15) is 5.82 Å². The van der Waals surface area contributed by atoms with Gasteiger partial charge in [0.15, 0.2) is 0 Å². The maximum atomic E-state index is 13.3. The molecule has 2 N–H and O–H groups in total. The minimum atomic E-state index is -0.563. The predicted octanol–water partition coefficient (Wildman–Crippen LogP) is 1.39. The second-order valence-electron chi connectivity index (χ2n) is 4.30. The van der Waals surface area contributed by atoms with Gasteiger partial charge in [0, 0.05) is 20.1 Å². The molecule has 0 bridgehead atoms. The van der Waals surface area contributed by atoms with Gasteiger partial charge in [-0.15, -0.1) is 0 Å². The molecule has 0 fully saturated rings. The molecule has 2 amide bonds.